The Balaban J connectivity index is 1.95. The van der Waals surface area contributed by atoms with Crippen molar-refractivity contribution in [2.24, 2.45) is 0 Å². The van der Waals surface area contributed by atoms with E-state index in [1.807, 2.05) is 0 Å². The van der Waals surface area contributed by atoms with Gasteiger partial charge < -0.3 is 14.0 Å². The fourth-order valence-corrected chi connectivity index (χ4v) is 2.44. The third-order valence-corrected chi connectivity index (χ3v) is 3.57. The Labute approximate surface area is 123 Å². The topological polar surface area (TPSA) is 83.6 Å². The van der Waals surface area contributed by atoms with Crippen LogP contribution in [0.5, 0.6) is 0 Å². The predicted octanol–water partition coefficient (Wildman–Crippen LogP) is 2.06. The molecule has 0 N–H and O–H groups in total. The Morgan fingerprint density at radius 2 is 2.30 bits per heavy atom. The summed E-state index contributed by atoms with van der Waals surface area (Å²) >= 11 is 3.03. The lowest BCUT2D eigenvalue weighted by Gasteiger charge is -2.22. The van der Waals surface area contributed by atoms with Crippen molar-refractivity contribution in [2.75, 3.05) is 13.2 Å². The van der Waals surface area contributed by atoms with Crippen molar-refractivity contribution in [2.45, 2.75) is 32.1 Å². The van der Waals surface area contributed by atoms with E-state index in [0.717, 1.165) is 19.3 Å². The molecule has 0 spiro atoms. The summed E-state index contributed by atoms with van der Waals surface area (Å²) in [7, 11) is 0. The molecule has 0 aromatic carbocycles. The van der Waals surface area contributed by atoms with Crippen molar-refractivity contribution in [1.82, 2.24) is 4.57 Å². The number of hydrogen-bond donors (Lipinski definition) is 0. The van der Waals surface area contributed by atoms with Crippen LogP contribution >= 0.6 is 15.9 Å². The number of pyridine rings is 1. The van der Waals surface area contributed by atoms with Crippen molar-refractivity contribution in [3.63, 3.8) is 0 Å². The molecule has 0 bridgehead atoms. The highest BCUT2D eigenvalue weighted by Gasteiger charge is 2.17. The number of aromatic nitrogens is 1. The average Bonchev–Trinajstić information content (AvgIpc) is 2.43. The lowest BCUT2D eigenvalue weighted by Crippen LogP contribution is -2.24. The number of hydrogen-bond acceptors (Lipinski definition) is 5. The van der Waals surface area contributed by atoms with Crippen LogP contribution in [-0.2, 0) is 16.0 Å². The van der Waals surface area contributed by atoms with Crippen LogP contribution in [0, 0.1) is 10.1 Å². The molecule has 0 saturated carbocycles. The highest BCUT2D eigenvalue weighted by atomic mass is 79.9. The van der Waals surface area contributed by atoms with E-state index < -0.39 is 16.0 Å². The van der Waals surface area contributed by atoms with E-state index in [4.69, 9.17) is 9.47 Å². The molecule has 1 fully saturated rings. The summed E-state index contributed by atoms with van der Waals surface area (Å²) in [4.78, 5) is 21.6. The number of rotatable bonds is 5. The van der Waals surface area contributed by atoms with Gasteiger partial charge in [-0.1, -0.05) is 0 Å². The third-order valence-electron chi connectivity index (χ3n) is 3.00. The minimum atomic E-state index is -0.686. The largest absolute Gasteiger partial charge is 0.353 e. The maximum absolute atomic E-state index is 11.5. The molecule has 8 heteroatoms. The van der Waals surface area contributed by atoms with Gasteiger partial charge in [0.1, 0.15) is 0 Å². The molecular formula is C12H15BrN2O5. The lowest BCUT2D eigenvalue weighted by molar-refractivity contribution is -0.386. The molecule has 2 rings (SSSR count). The van der Waals surface area contributed by atoms with Gasteiger partial charge >= 0.3 is 5.69 Å². The van der Waals surface area contributed by atoms with Gasteiger partial charge in [-0.15, -0.1) is 0 Å². The van der Waals surface area contributed by atoms with Crippen LogP contribution in [-0.4, -0.2) is 29.0 Å². The minimum Gasteiger partial charge on any atom is -0.353 e. The number of ether oxygens (including phenoxy) is 2. The Hall–Kier alpha value is -1.25. The van der Waals surface area contributed by atoms with Gasteiger partial charge in [0.05, 0.1) is 22.2 Å². The van der Waals surface area contributed by atoms with Crippen molar-refractivity contribution in [3.05, 3.63) is 37.2 Å². The summed E-state index contributed by atoms with van der Waals surface area (Å²) in [6, 6.07) is 0. The first-order valence-corrected chi connectivity index (χ1v) is 7.14. The highest BCUT2D eigenvalue weighted by Crippen LogP contribution is 2.14. The molecule has 110 valence electrons. The quantitative estimate of drug-likeness (QED) is 0.601. The summed E-state index contributed by atoms with van der Waals surface area (Å²) in [5, 5.41) is 10.8. The molecule has 0 amide bonds. The minimum absolute atomic E-state index is 0.167. The molecule has 1 aromatic rings. The predicted molar refractivity (Wildman–Crippen MR) is 74.6 cm³/mol. The van der Waals surface area contributed by atoms with Crippen molar-refractivity contribution < 1.29 is 14.4 Å². The molecule has 7 nitrogen and oxygen atoms in total. The Morgan fingerprint density at radius 1 is 1.50 bits per heavy atom. The molecule has 0 unspecified atom stereocenters. The molecule has 0 aliphatic carbocycles. The van der Waals surface area contributed by atoms with Crippen molar-refractivity contribution >= 4 is 21.6 Å². The zero-order valence-electron chi connectivity index (χ0n) is 10.8. The van der Waals surface area contributed by atoms with Gasteiger partial charge in [0.2, 0.25) is 0 Å². The van der Waals surface area contributed by atoms with Crippen LogP contribution in [0.25, 0.3) is 0 Å². The van der Waals surface area contributed by atoms with E-state index in [1.54, 1.807) is 4.57 Å². The van der Waals surface area contributed by atoms with E-state index in [0.29, 0.717) is 19.8 Å². The van der Waals surface area contributed by atoms with Crippen LogP contribution in [0.15, 0.2) is 21.7 Å². The normalized spacial score (nSPS) is 18.9. The number of halogens is 1. The zero-order valence-corrected chi connectivity index (χ0v) is 12.4. The first kappa shape index (κ1) is 15.1. The van der Waals surface area contributed by atoms with Gasteiger partial charge in [0.15, 0.2) is 6.29 Å². The highest BCUT2D eigenvalue weighted by molar-refractivity contribution is 9.10. The zero-order chi connectivity index (χ0) is 14.5. The monoisotopic (exact) mass is 346 g/mol. The molecule has 1 atom stereocenters. The maximum atomic E-state index is 11.5. The molecule has 1 aromatic heterocycles. The van der Waals surface area contributed by atoms with Crippen LogP contribution in [0.2, 0.25) is 0 Å². The smallest absolute Gasteiger partial charge is 0.333 e. The van der Waals surface area contributed by atoms with Gasteiger partial charge in [-0.2, -0.15) is 0 Å². The second-order valence-corrected chi connectivity index (χ2v) is 5.34. The van der Waals surface area contributed by atoms with Gasteiger partial charge in [-0.25, -0.2) is 0 Å². The molecule has 1 aliphatic rings. The molecule has 1 saturated heterocycles. The summed E-state index contributed by atoms with van der Waals surface area (Å²) < 4.78 is 12.7. The second kappa shape index (κ2) is 6.96. The Morgan fingerprint density at radius 3 is 2.95 bits per heavy atom. The van der Waals surface area contributed by atoms with Gasteiger partial charge in [-0.05, 0) is 35.2 Å². The average molecular weight is 347 g/mol. The van der Waals surface area contributed by atoms with Gasteiger partial charge in [-0.3, -0.25) is 14.9 Å². The van der Waals surface area contributed by atoms with E-state index in [9.17, 15) is 14.9 Å². The Kier molecular flexibility index (Phi) is 5.27. The Bertz CT molecular complexity index is 539. The third kappa shape index (κ3) is 3.87. The van der Waals surface area contributed by atoms with Crippen molar-refractivity contribution in [3.8, 4) is 0 Å². The van der Waals surface area contributed by atoms with Crippen molar-refractivity contribution in [1.29, 1.82) is 0 Å². The van der Waals surface area contributed by atoms with E-state index in [2.05, 4.69) is 15.9 Å². The van der Waals surface area contributed by atoms with Crippen LogP contribution in [0.1, 0.15) is 19.3 Å². The molecule has 2 heterocycles. The summed E-state index contributed by atoms with van der Waals surface area (Å²) in [5.41, 5.74) is -1.07. The van der Waals surface area contributed by atoms with E-state index in [1.165, 1.54) is 12.4 Å². The van der Waals surface area contributed by atoms with Gasteiger partial charge in [0, 0.05) is 19.3 Å². The molecular weight excluding hydrogens is 332 g/mol. The molecule has 1 aliphatic heterocycles. The first-order chi connectivity index (χ1) is 9.58. The van der Waals surface area contributed by atoms with Crippen LogP contribution in [0.3, 0.4) is 0 Å². The lowest BCUT2D eigenvalue weighted by atomic mass is 10.2. The number of nitrogens with zero attached hydrogens (tertiary/aromatic N) is 2. The summed E-state index contributed by atoms with van der Waals surface area (Å²) in [6.07, 6.45) is 5.55. The standard InChI is InChI=1S/C12H15BrN2O5/c13-9-7-14(8-10(12(9)16)15(17)18)4-6-20-11-3-1-2-5-19-11/h7-8,11H,1-6H2/t11-/m1/s1. The fourth-order valence-electron chi connectivity index (χ4n) is 1.97. The molecule has 20 heavy (non-hydrogen) atoms. The first-order valence-electron chi connectivity index (χ1n) is 6.35. The van der Waals surface area contributed by atoms with Crippen LogP contribution < -0.4 is 5.43 Å². The maximum Gasteiger partial charge on any atom is 0.333 e. The second-order valence-electron chi connectivity index (χ2n) is 4.48. The fraction of sp³-hybridized carbons (Fsp3) is 0.583. The van der Waals surface area contributed by atoms with E-state index >= 15 is 0 Å². The van der Waals surface area contributed by atoms with Gasteiger partial charge in [0.25, 0.3) is 5.43 Å². The van der Waals surface area contributed by atoms with Crippen LogP contribution in [0.4, 0.5) is 5.69 Å². The number of nitro groups is 1. The summed E-state index contributed by atoms with van der Waals surface area (Å²) in [5.74, 6) is 0. The SMILES string of the molecule is O=c1c(Br)cn(CCO[C@@H]2CCCCO2)cc1[N+](=O)[O-]. The summed E-state index contributed by atoms with van der Waals surface area (Å²) in [6.45, 7) is 1.50. The van der Waals surface area contributed by atoms with E-state index in [-0.39, 0.29) is 10.8 Å². The molecule has 0 radical (unpaired) electrons.